The molecule has 0 amide bonds. The maximum Gasteiger partial charge on any atom is 0.343 e. The highest BCUT2D eigenvalue weighted by Gasteiger charge is 2.23. The number of allylic oxidation sites excluding steroid dienone is 2. The van der Waals surface area contributed by atoms with Gasteiger partial charge in [0.25, 0.3) is 0 Å². The van der Waals surface area contributed by atoms with E-state index < -0.39 is 5.97 Å². The van der Waals surface area contributed by atoms with Gasteiger partial charge in [0.15, 0.2) is 6.61 Å². The molecule has 0 aliphatic heterocycles. The van der Waals surface area contributed by atoms with E-state index in [0.29, 0.717) is 5.88 Å². The number of carbonyl (C=O) groups excluding carboxylic acids is 1. The molecule has 1 heterocycles. The van der Waals surface area contributed by atoms with E-state index in [1.165, 1.54) is 12.7 Å². The Morgan fingerprint density at radius 3 is 2.74 bits per heavy atom. The number of aryl methyl sites for hydroxylation is 1. The molecule has 0 N–H and O–H groups in total. The molecule has 0 radical (unpaired) electrons. The third-order valence-electron chi connectivity index (χ3n) is 3.94. The van der Waals surface area contributed by atoms with Gasteiger partial charge in [-0.25, -0.2) is 9.48 Å². The van der Waals surface area contributed by atoms with Crippen LogP contribution < -0.4 is 4.74 Å². The number of aromatic nitrogens is 2. The van der Waals surface area contributed by atoms with Crippen molar-refractivity contribution in [2.24, 2.45) is 0 Å². The monoisotopic (exact) mass is 312 g/mol. The van der Waals surface area contributed by atoms with Crippen molar-refractivity contribution in [3.63, 3.8) is 0 Å². The number of methoxy groups -OCH3 is 1. The lowest BCUT2D eigenvalue weighted by molar-refractivity contribution is -0.143. The van der Waals surface area contributed by atoms with Gasteiger partial charge in [-0.3, -0.25) is 0 Å². The molecule has 23 heavy (non-hydrogen) atoms. The summed E-state index contributed by atoms with van der Waals surface area (Å²) in [5.74, 6) is 0.196. The standard InChI is InChI=1S/C18H20N2O3/c1-13-17(14-8-6-7-9-14)18(23-12-16(21)22-2)20(19-13)15-10-4-3-5-11-15/h3-5,8,10-11H,6-7,9,12H2,1-2H3. The molecule has 5 heteroatoms. The summed E-state index contributed by atoms with van der Waals surface area (Å²) in [6.45, 7) is 1.84. The van der Waals surface area contributed by atoms with E-state index in [9.17, 15) is 4.79 Å². The molecule has 0 atom stereocenters. The van der Waals surface area contributed by atoms with Crippen molar-refractivity contribution in [1.82, 2.24) is 9.78 Å². The summed E-state index contributed by atoms with van der Waals surface area (Å²) < 4.78 is 12.2. The van der Waals surface area contributed by atoms with Crippen LogP contribution >= 0.6 is 0 Å². The van der Waals surface area contributed by atoms with Crippen LogP contribution in [0.4, 0.5) is 0 Å². The van der Waals surface area contributed by atoms with E-state index in [4.69, 9.17) is 4.74 Å². The minimum absolute atomic E-state index is 0.130. The Bertz CT molecular complexity index is 732. The van der Waals surface area contributed by atoms with E-state index in [1.54, 1.807) is 4.68 Å². The van der Waals surface area contributed by atoms with Crippen LogP contribution in [0.25, 0.3) is 11.3 Å². The number of hydrogen-bond donors (Lipinski definition) is 0. The molecule has 0 unspecified atom stereocenters. The normalized spacial score (nSPS) is 13.7. The molecule has 1 aromatic carbocycles. The Balaban J connectivity index is 2.05. The maximum absolute atomic E-state index is 11.5. The molecular formula is C18H20N2O3. The lowest BCUT2D eigenvalue weighted by atomic mass is 10.1. The number of para-hydroxylation sites is 1. The van der Waals surface area contributed by atoms with Gasteiger partial charge < -0.3 is 9.47 Å². The fraction of sp³-hybridized carbons (Fsp3) is 0.333. The van der Waals surface area contributed by atoms with Gasteiger partial charge in [-0.2, -0.15) is 5.10 Å². The molecule has 2 aromatic rings. The predicted molar refractivity (Wildman–Crippen MR) is 87.6 cm³/mol. The average Bonchev–Trinajstić information content (AvgIpc) is 3.20. The second-order valence-corrected chi connectivity index (χ2v) is 5.50. The number of carbonyl (C=O) groups is 1. The fourth-order valence-corrected chi connectivity index (χ4v) is 2.84. The van der Waals surface area contributed by atoms with Gasteiger partial charge in [-0.1, -0.05) is 24.3 Å². The number of esters is 1. The van der Waals surface area contributed by atoms with Crippen LogP contribution in [0.5, 0.6) is 5.88 Å². The van der Waals surface area contributed by atoms with Gasteiger partial charge in [0.2, 0.25) is 5.88 Å². The third kappa shape index (κ3) is 3.13. The van der Waals surface area contributed by atoms with Crippen LogP contribution in [0, 0.1) is 6.92 Å². The zero-order chi connectivity index (χ0) is 16.2. The number of nitrogens with zero attached hydrogens (tertiary/aromatic N) is 2. The fourth-order valence-electron chi connectivity index (χ4n) is 2.84. The molecule has 0 fully saturated rings. The third-order valence-corrected chi connectivity index (χ3v) is 3.94. The van der Waals surface area contributed by atoms with Crippen molar-refractivity contribution in [3.8, 4) is 11.6 Å². The molecule has 0 saturated heterocycles. The first-order valence-electron chi connectivity index (χ1n) is 7.74. The Labute approximate surface area is 135 Å². The molecule has 1 aromatic heterocycles. The summed E-state index contributed by atoms with van der Waals surface area (Å²) in [6.07, 6.45) is 5.45. The van der Waals surface area contributed by atoms with E-state index >= 15 is 0 Å². The molecule has 3 rings (SSSR count). The van der Waals surface area contributed by atoms with Crippen molar-refractivity contribution >= 4 is 11.5 Å². The van der Waals surface area contributed by atoms with Crippen LogP contribution in [0.2, 0.25) is 0 Å². The molecule has 0 saturated carbocycles. The summed E-state index contributed by atoms with van der Waals surface area (Å²) in [5, 5.41) is 4.63. The first-order chi connectivity index (χ1) is 11.2. The Morgan fingerprint density at radius 2 is 2.09 bits per heavy atom. The smallest absolute Gasteiger partial charge is 0.343 e. The number of hydrogen-bond acceptors (Lipinski definition) is 4. The largest absolute Gasteiger partial charge is 0.466 e. The van der Waals surface area contributed by atoms with E-state index in [0.717, 1.165) is 36.2 Å². The average molecular weight is 312 g/mol. The SMILES string of the molecule is COC(=O)COc1c(C2=CCCC2)c(C)nn1-c1ccccc1. The summed E-state index contributed by atoms with van der Waals surface area (Å²) in [6, 6.07) is 9.78. The first-order valence-corrected chi connectivity index (χ1v) is 7.74. The molecule has 1 aliphatic carbocycles. The molecular weight excluding hydrogens is 292 g/mol. The highest BCUT2D eigenvalue weighted by molar-refractivity contribution is 5.75. The molecule has 0 spiro atoms. The Morgan fingerprint density at radius 1 is 1.30 bits per heavy atom. The lowest BCUT2D eigenvalue weighted by Crippen LogP contribution is -2.15. The quantitative estimate of drug-likeness (QED) is 0.795. The zero-order valence-corrected chi connectivity index (χ0v) is 13.4. The van der Waals surface area contributed by atoms with Gasteiger partial charge in [0, 0.05) is 0 Å². The van der Waals surface area contributed by atoms with E-state index in [2.05, 4.69) is 15.9 Å². The van der Waals surface area contributed by atoms with Gasteiger partial charge >= 0.3 is 5.97 Å². The zero-order valence-electron chi connectivity index (χ0n) is 13.4. The van der Waals surface area contributed by atoms with Crippen molar-refractivity contribution in [2.75, 3.05) is 13.7 Å². The summed E-state index contributed by atoms with van der Waals surface area (Å²) in [7, 11) is 1.35. The maximum atomic E-state index is 11.5. The van der Waals surface area contributed by atoms with Gasteiger partial charge in [0.05, 0.1) is 24.1 Å². The van der Waals surface area contributed by atoms with Crippen LogP contribution in [-0.4, -0.2) is 29.5 Å². The molecule has 0 bridgehead atoms. The molecule has 1 aliphatic rings. The van der Waals surface area contributed by atoms with Crippen molar-refractivity contribution in [3.05, 3.63) is 47.7 Å². The molecule has 5 nitrogen and oxygen atoms in total. The highest BCUT2D eigenvalue weighted by atomic mass is 16.6. The number of ether oxygens (including phenoxy) is 2. The first kappa shape index (κ1) is 15.3. The van der Waals surface area contributed by atoms with Crippen molar-refractivity contribution in [2.45, 2.75) is 26.2 Å². The minimum atomic E-state index is -0.408. The highest BCUT2D eigenvalue weighted by Crippen LogP contribution is 2.37. The van der Waals surface area contributed by atoms with Crippen molar-refractivity contribution < 1.29 is 14.3 Å². The lowest BCUT2D eigenvalue weighted by Gasteiger charge is -2.11. The van der Waals surface area contributed by atoms with Crippen molar-refractivity contribution in [1.29, 1.82) is 0 Å². The van der Waals surface area contributed by atoms with Gasteiger partial charge in [-0.15, -0.1) is 0 Å². The van der Waals surface area contributed by atoms with Crippen LogP contribution in [0.3, 0.4) is 0 Å². The van der Waals surface area contributed by atoms with Crippen LogP contribution in [-0.2, 0) is 9.53 Å². The van der Waals surface area contributed by atoms with Crippen LogP contribution in [0.15, 0.2) is 36.4 Å². The van der Waals surface area contributed by atoms with Gasteiger partial charge in [-0.05, 0) is 43.9 Å². The van der Waals surface area contributed by atoms with Gasteiger partial charge in [0.1, 0.15) is 0 Å². The number of benzene rings is 1. The summed E-state index contributed by atoms with van der Waals surface area (Å²) in [5.41, 5.74) is 4.04. The Kier molecular flexibility index (Phi) is 4.46. The summed E-state index contributed by atoms with van der Waals surface area (Å²) >= 11 is 0. The van der Waals surface area contributed by atoms with E-state index in [-0.39, 0.29) is 6.61 Å². The second-order valence-electron chi connectivity index (χ2n) is 5.50. The topological polar surface area (TPSA) is 53.4 Å². The summed E-state index contributed by atoms with van der Waals surface area (Å²) in [4.78, 5) is 11.5. The predicted octanol–water partition coefficient (Wildman–Crippen LogP) is 3.30. The number of rotatable bonds is 5. The Hall–Kier alpha value is -2.56. The second kappa shape index (κ2) is 6.69. The van der Waals surface area contributed by atoms with E-state index in [1.807, 2.05) is 37.3 Å². The minimum Gasteiger partial charge on any atom is -0.466 e. The van der Waals surface area contributed by atoms with Crippen LogP contribution in [0.1, 0.15) is 30.5 Å². The molecule has 120 valence electrons.